The number of hydrogen-bond donors (Lipinski definition) is 1. The summed E-state index contributed by atoms with van der Waals surface area (Å²) in [5.41, 5.74) is 8.29. The molecule has 3 aromatic rings. The van der Waals surface area contributed by atoms with Crippen LogP contribution in [0, 0.1) is 0 Å². The number of benzene rings is 3. The molecule has 0 saturated heterocycles. The van der Waals surface area contributed by atoms with Gasteiger partial charge in [0.05, 0.1) is 0 Å². The van der Waals surface area contributed by atoms with E-state index in [1.165, 1.54) is 0 Å². The van der Waals surface area contributed by atoms with Gasteiger partial charge in [0.2, 0.25) is 0 Å². The summed E-state index contributed by atoms with van der Waals surface area (Å²) in [6.07, 6.45) is 0.810. The first-order chi connectivity index (χ1) is 11.8. The molecule has 3 heteroatoms. The Bertz CT molecular complexity index is 789. The molecule has 0 fully saturated rings. The van der Waals surface area contributed by atoms with Crippen LogP contribution in [0.5, 0.6) is 11.5 Å². The smallest absolute Gasteiger partial charge is 0.127 e. The van der Waals surface area contributed by atoms with Crippen molar-refractivity contribution in [3.8, 4) is 11.5 Å². The molecular weight excluding hydrogens is 318 g/mol. The molecule has 0 saturated carbocycles. The standard InChI is InChI=1S/C21H20ClNO/c22-21-12-5-4-7-17(21)13-18(15-23)16-8-6-11-20(14-16)24-19-9-2-1-3-10-19/h1-12,14,18H,13,15,23H2. The SMILES string of the molecule is NCC(Cc1ccccc1Cl)c1cccc(Oc2ccccc2)c1. The van der Waals surface area contributed by atoms with Crippen molar-refractivity contribution >= 4 is 11.6 Å². The maximum absolute atomic E-state index is 6.29. The van der Waals surface area contributed by atoms with Gasteiger partial charge in [0, 0.05) is 10.9 Å². The lowest BCUT2D eigenvalue weighted by atomic mass is 9.92. The Hall–Kier alpha value is -2.29. The number of ether oxygens (including phenoxy) is 1. The van der Waals surface area contributed by atoms with Crippen molar-refractivity contribution in [2.24, 2.45) is 5.73 Å². The fourth-order valence-electron chi connectivity index (χ4n) is 2.72. The van der Waals surface area contributed by atoms with Crippen molar-refractivity contribution in [2.75, 3.05) is 6.54 Å². The minimum absolute atomic E-state index is 0.198. The van der Waals surface area contributed by atoms with Crippen LogP contribution in [0.3, 0.4) is 0 Å². The summed E-state index contributed by atoms with van der Waals surface area (Å²) in [4.78, 5) is 0. The van der Waals surface area contributed by atoms with Crippen molar-refractivity contribution < 1.29 is 4.74 Å². The van der Waals surface area contributed by atoms with Crippen LogP contribution in [-0.2, 0) is 6.42 Å². The molecule has 1 unspecified atom stereocenters. The van der Waals surface area contributed by atoms with Gasteiger partial charge < -0.3 is 10.5 Å². The van der Waals surface area contributed by atoms with E-state index in [1.807, 2.05) is 60.7 Å². The van der Waals surface area contributed by atoms with E-state index in [1.54, 1.807) is 0 Å². The number of rotatable bonds is 6. The fraction of sp³-hybridized carbons (Fsp3) is 0.143. The van der Waals surface area contributed by atoms with E-state index >= 15 is 0 Å². The summed E-state index contributed by atoms with van der Waals surface area (Å²) in [5, 5.41) is 0.785. The third kappa shape index (κ3) is 4.16. The van der Waals surface area contributed by atoms with Gasteiger partial charge in [-0.05, 0) is 54.4 Å². The van der Waals surface area contributed by atoms with Crippen LogP contribution in [0.1, 0.15) is 17.0 Å². The average molecular weight is 338 g/mol. The zero-order valence-corrected chi connectivity index (χ0v) is 14.1. The molecule has 2 N–H and O–H groups in total. The summed E-state index contributed by atoms with van der Waals surface area (Å²) in [5.74, 6) is 1.84. The van der Waals surface area contributed by atoms with Gasteiger partial charge in [0.15, 0.2) is 0 Å². The van der Waals surface area contributed by atoms with Gasteiger partial charge in [-0.2, -0.15) is 0 Å². The van der Waals surface area contributed by atoms with E-state index in [9.17, 15) is 0 Å². The van der Waals surface area contributed by atoms with Gasteiger partial charge in [-0.1, -0.05) is 60.1 Å². The van der Waals surface area contributed by atoms with E-state index in [0.717, 1.165) is 34.1 Å². The number of nitrogens with two attached hydrogens (primary N) is 1. The van der Waals surface area contributed by atoms with E-state index in [0.29, 0.717) is 6.54 Å². The van der Waals surface area contributed by atoms with Crippen molar-refractivity contribution in [1.82, 2.24) is 0 Å². The van der Waals surface area contributed by atoms with Crippen LogP contribution in [0.2, 0.25) is 5.02 Å². The van der Waals surface area contributed by atoms with E-state index < -0.39 is 0 Å². The zero-order valence-electron chi connectivity index (χ0n) is 13.4. The second-order valence-electron chi connectivity index (χ2n) is 5.72. The maximum Gasteiger partial charge on any atom is 0.127 e. The second kappa shape index (κ2) is 8.00. The van der Waals surface area contributed by atoms with Gasteiger partial charge in [0.25, 0.3) is 0 Å². The summed E-state index contributed by atoms with van der Waals surface area (Å²) < 4.78 is 5.92. The molecule has 0 aromatic heterocycles. The lowest BCUT2D eigenvalue weighted by Crippen LogP contribution is -2.15. The molecule has 0 bridgehead atoms. The first-order valence-electron chi connectivity index (χ1n) is 8.02. The van der Waals surface area contributed by atoms with Crippen LogP contribution < -0.4 is 10.5 Å². The summed E-state index contributed by atoms with van der Waals surface area (Å²) >= 11 is 6.29. The lowest BCUT2D eigenvalue weighted by molar-refractivity contribution is 0.481. The highest BCUT2D eigenvalue weighted by Gasteiger charge is 2.13. The molecule has 3 rings (SSSR count). The van der Waals surface area contributed by atoms with Crippen LogP contribution in [0.4, 0.5) is 0 Å². The highest BCUT2D eigenvalue weighted by molar-refractivity contribution is 6.31. The maximum atomic E-state index is 6.29. The Morgan fingerprint density at radius 2 is 1.54 bits per heavy atom. The molecule has 2 nitrogen and oxygen atoms in total. The lowest BCUT2D eigenvalue weighted by Gasteiger charge is -2.17. The number of halogens is 1. The monoisotopic (exact) mass is 337 g/mol. The number of para-hydroxylation sites is 1. The molecule has 1 atom stereocenters. The highest BCUT2D eigenvalue weighted by Crippen LogP contribution is 2.28. The van der Waals surface area contributed by atoms with Crippen molar-refractivity contribution in [1.29, 1.82) is 0 Å². The zero-order chi connectivity index (χ0) is 16.8. The quantitative estimate of drug-likeness (QED) is 0.652. The molecule has 0 aliphatic rings. The first-order valence-corrected chi connectivity index (χ1v) is 8.40. The average Bonchev–Trinajstić information content (AvgIpc) is 2.62. The molecule has 122 valence electrons. The minimum atomic E-state index is 0.198. The predicted molar refractivity (Wildman–Crippen MR) is 99.9 cm³/mol. The first kappa shape index (κ1) is 16.6. The second-order valence-corrected chi connectivity index (χ2v) is 6.12. The fourth-order valence-corrected chi connectivity index (χ4v) is 2.94. The molecule has 0 radical (unpaired) electrons. The normalized spacial score (nSPS) is 11.9. The van der Waals surface area contributed by atoms with Gasteiger partial charge >= 0.3 is 0 Å². The molecule has 0 amide bonds. The van der Waals surface area contributed by atoms with Crippen molar-refractivity contribution in [3.05, 3.63) is 95.0 Å². The Balaban J connectivity index is 1.79. The molecule has 0 aliphatic carbocycles. The minimum Gasteiger partial charge on any atom is -0.457 e. The highest BCUT2D eigenvalue weighted by atomic mass is 35.5. The topological polar surface area (TPSA) is 35.2 Å². The summed E-state index contributed by atoms with van der Waals surface area (Å²) in [7, 11) is 0. The molecule has 24 heavy (non-hydrogen) atoms. The van der Waals surface area contributed by atoms with Crippen molar-refractivity contribution in [3.63, 3.8) is 0 Å². The Morgan fingerprint density at radius 3 is 2.29 bits per heavy atom. The number of hydrogen-bond acceptors (Lipinski definition) is 2. The van der Waals surface area contributed by atoms with Gasteiger partial charge in [-0.15, -0.1) is 0 Å². The van der Waals surface area contributed by atoms with Crippen molar-refractivity contribution in [2.45, 2.75) is 12.3 Å². The van der Waals surface area contributed by atoms with Gasteiger partial charge in [0.1, 0.15) is 11.5 Å². The molecule has 3 aromatic carbocycles. The van der Waals surface area contributed by atoms with Gasteiger partial charge in [-0.3, -0.25) is 0 Å². The molecule has 0 spiro atoms. The Kier molecular flexibility index (Phi) is 5.52. The summed E-state index contributed by atoms with van der Waals surface area (Å²) in [6, 6.07) is 25.8. The molecule has 0 aliphatic heterocycles. The summed E-state index contributed by atoms with van der Waals surface area (Å²) in [6.45, 7) is 0.556. The Labute approximate surface area is 147 Å². The van der Waals surface area contributed by atoms with Crippen LogP contribution in [-0.4, -0.2) is 6.54 Å². The molecular formula is C21H20ClNO. The van der Waals surface area contributed by atoms with Gasteiger partial charge in [-0.25, -0.2) is 0 Å². The molecule has 0 heterocycles. The van der Waals surface area contributed by atoms with E-state index in [-0.39, 0.29) is 5.92 Å². The van der Waals surface area contributed by atoms with Crippen LogP contribution in [0.15, 0.2) is 78.9 Å². The predicted octanol–water partition coefficient (Wildman–Crippen LogP) is 5.42. The van der Waals surface area contributed by atoms with Crippen LogP contribution in [0.25, 0.3) is 0 Å². The van der Waals surface area contributed by atoms with Crippen LogP contribution >= 0.6 is 11.6 Å². The third-order valence-electron chi connectivity index (χ3n) is 4.02. The van der Waals surface area contributed by atoms with E-state index in [4.69, 9.17) is 22.1 Å². The largest absolute Gasteiger partial charge is 0.457 e. The third-order valence-corrected chi connectivity index (χ3v) is 4.39. The Morgan fingerprint density at radius 1 is 0.833 bits per heavy atom. The van der Waals surface area contributed by atoms with E-state index in [2.05, 4.69) is 18.2 Å².